The molecule has 0 aromatic heterocycles. The fraction of sp³-hybridized carbons (Fsp3) is 0.182. The van der Waals surface area contributed by atoms with Gasteiger partial charge in [-0.25, -0.2) is 4.79 Å². The van der Waals surface area contributed by atoms with Crippen molar-refractivity contribution in [1.29, 1.82) is 0 Å². The number of rotatable bonds is 5. The lowest BCUT2D eigenvalue weighted by molar-refractivity contribution is -0.168. The molecule has 0 saturated heterocycles. The maximum atomic E-state index is 13.5. The van der Waals surface area contributed by atoms with Gasteiger partial charge in [-0.15, -0.1) is 0 Å². The van der Waals surface area contributed by atoms with Crippen LogP contribution in [-0.2, 0) is 9.47 Å². The molecule has 5 atom stereocenters. The quantitative estimate of drug-likeness (QED) is 0.217. The molecule has 0 radical (unpaired) electrons. The molecule has 2 bridgehead atoms. The first-order chi connectivity index (χ1) is 18.2. The Morgan fingerprint density at radius 2 is 1.24 bits per heavy atom. The molecule has 5 aromatic carbocycles. The van der Waals surface area contributed by atoms with Gasteiger partial charge in [0.15, 0.2) is 6.29 Å². The molecule has 182 valence electrons. The molecule has 0 heterocycles. The topological polar surface area (TPSA) is 55.8 Å². The molecule has 37 heavy (non-hydrogen) atoms. The van der Waals surface area contributed by atoms with Crippen LogP contribution < -0.4 is 0 Å². The molecule has 5 aromatic rings. The minimum absolute atomic E-state index is 0.0323. The maximum Gasteiger partial charge on any atom is 0.339 e. The second kappa shape index (κ2) is 8.84. The van der Waals surface area contributed by atoms with Gasteiger partial charge in [-0.1, -0.05) is 103 Å². The van der Waals surface area contributed by atoms with Crippen molar-refractivity contribution in [1.82, 2.24) is 0 Å². The number of ether oxygens (including phenoxy) is 2. The fourth-order valence-corrected chi connectivity index (χ4v) is 6.39. The number of aliphatic hydroxyl groups is 1. The molecule has 1 N–H and O–H groups in total. The van der Waals surface area contributed by atoms with Crippen molar-refractivity contribution >= 4 is 27.5 Å². The first kappa shape index (κ1) is 22.2. The van der Waals surface area contributed by atoms with Gasteiger partial charge in [0.05, 0.1) is 5.56 Å². The van der Waals surface area contributed by atoms with E-state index in [0.717, 1.165) is 28.0 Å². The minimum atomic E-state index is -1.14. The van der Waals surface area contributed by atoms with Gasteiger partial charge in [0.25, 0.3) is 0 Å². The van der Waals surface area contributed by atoms with Crippen LogP contribution in [0.5, 0.6) is 0 Å². The zero-order chi connectivity index (χ0) is 24.9. The molecule has 4 heteroatoms. The number of carbonyl (C=O) groups is 1. The Labute approximate surface area is 215 Å². The van der Waals surface area contributed by atoms with Crippen LogP contribution in [0.25, 0.3) is 21.5 Å². The van der Waals surface area contributed by atoms with Crippen LogP contribution in [0.4, 0.5) is 0 Å². The highest BCUT2D eigenvalue weighted by molar-refractivity contribution is 6.04. The van der Waals surface area contributed by atoms with Gasteiger partial charge in [-0.3, -0.25) is 0 Å². The molecule has 0 spiro atoms. The molecule has 1 fully saturated rings. The highest BCUT2D eigenvalue weighted by Gasteiger charge is 2.54. The highest BCUT2D eigenvalue weighted by Crippen LogP contribution is 2.56. The summed E-state index contributed by atoms with van der Waals surface area (Å²) in [6.07, 6.45) is -1.25. The third kappa shape index (κ3) is 3.64. The van der Waals surface area contributed by atoms with Crippen LogP contribution in [0.2, 0.25) is 0 Å². The molecule has 7 rings (SSSR count). The first-order valence-electron chi connectivity index (χ1n) is 12.8. The van der Waals surface area contributed by atoms with Gasteiger partial charge in [-0.2, -0.15) is 0 Å². The third-order valence-electron chi connectivity index (χ3n) is 8.05. The van der Waals surface area contributed by atoms with Crippen LogP contribution in [0.15, 0.2) is 109 Å². The van der Waals surface area contributed by atoms with E-state index in [1.165, 1.54) is 11.1 Å². The van der Waals surface area contributed by atoms with E-state index in [0.29, 0.717) is 11.1 Å². The normalized spacial score (nSPS) is 22.7. The van der Waals surface area contributed by atoms with Gasteiger partial charge < -0.3 is 14.6 Å². The summed E-state index contributed by atoms with van der Waals surface area (Å²) in [4.78, 5) is 13.5. The van der Waals surface area contributed by atoms with E-state index in [1.54, 1.807) is 0 Å². The third-order valence-corrected chi connectivity index (χ3v) is 8.05. The van der Waals surface area contributed by atoms with Crippen molar-refractivity contribution < 1.29 is 19.4 Å². The maximum absolute atomic E-state index is 13.5. The van der Waals surface area contributed by atoms with Crippen molar-refractivity contribution in [2.75, 3.05) is 0 Å². The Morgan fingerprint density at radius 3 is 2.00 bits per heavy atom. The van der Waals surface area contributed by atoms with Crippen LogP contribution in [-0.4, -0.2) is 23.3 Å². The van der Waals surface area contributed by atoms with Crippen molar-refractivity contribution in [3.05, 3.63) is 131 Å². The summed E-state index contributed by atoms with van der Waals surface area (Å²) in [5.74, 6) is -0.277. The van der Waals surface area contributed by atoms with Gasteiger partial charge in [0.1, 0.15) is 12.2 Å². The molecule has 0 aliphatic heterocycles. The van der Waals surface area contributed by atoms with Crippen molar-refractivity contribution in [2.24, 2.45) is 0 Å². The molecule has 2 aliphatic rings. The van der Waals surface area contributed by atoms with Crippen LogP contribution in [0.1, 0.15) is 51.6 Å². The molecule has 2 aliphatic carbocycles. The number of aliphatic hydroxyl groups excluding tert-OH is 1. The predicted octanol–water partition coefficient (Wildman–Crippen LogP) is 6.88. The van der Waals surface area contributed by atoms with Crippen molar-refractivity contribution in [3.63, 3.8) is 0 Å². The average Bonchev–Trinajstić information content (AvgIpc) is 3.49. The van der Waals surface area contributed by atoms with Crippen LogP contribution in [0, 0.1) is 0 Å². The lowest BCUT2D eigenvalue weighted by atomic mass is 9.87. The van der Waals surface area contributed by atoms with E-state index >= 15 is 0 Å². The number of esters is 1. The van der Waals surface area contributed by atoms with Crippen molar-refractivity contribution in [2.45, 2.75) is 36.8 Å². The highest BCUT2D eigenvalue weighted by atomic mass is 16.6. The van der Waals surface area contributed by atoms with Crippen LogP contribution >= 0.6 is 0 Å². The Bertz CT molecular complexity index is 1630. The van der Waals surface area contributed by atoms with E-state index in [1.807, 2.05) is 97.1 Å². The molecule has 1 saturated carbocycles. The summed E-state index contributed by atoms with van der Waals surface area (Å²) >= 11 is 0. The standard InChI is InChI=1S/C33H26O4/c34-32(26-17-7-11-20-9-1-3-13-22(20)26)36-30-28-19-29(25-16-6-5-15-24(25)28)31(30)37-33(35)27-18-8-12-21-10-2-4-14-23(21)27/h1-18,28-32,34H,19H2/t28?,29?,30-,31+,32?/m0/s1. The zero-order valence-electron chi connectivity index (χ0n) is 20.2. The van der Waals surface area contributed by atoms with Gasteiger partial charge in [0.2, 0.25) is 0 Å². The summed E-state index contributed by atoms with van der Waals surface area (Å²) in [6.45, 7) is 0. The van der Waals surface area contributed by atoms with Gasteiger partial charge in [0, 0.05) is 17.4 Å². The van der Waals surface area contributed by atoms with E-state index in [2.05, 4.69) is 12.1 Å². The number of hydrogen-bond acceptors (Lipinski definition) is 4. The van der Waals surface area contributed by atoms with Crippen LogP contribution in [0.3, 0.4) is 0 Å². The number of fused-ring (bicyclic) bond motifs is 7. The Balaban J connectivity index is 1.24. The monoisotopic (exact) mass is 486 g/mol. The smallest absolute Gasteiger partial charge is 0.339 e. The summed E-state index contributed by atoms with van der Waals surface area (Å²) in [5, 5.41) is 15.2. The second-order valence-electron chi connectivity index (χ2n) is 10.00. The number of benzene rings is 5. The molecular weight excluding hydrogens is 460 g/mol. The zero-order valence-corrected chi connectivity index (χ0v) is 20.2. The van der Waals surface area contributed by atoms with E-state index < -0.39 is 18.5 Å². The minimum Gasteiger partial charge on any atom is -0.455 e. The Kier molecular flexibility index (Phi) is 5.31. The predicted molar refractivity (Wildman–Crippen MR) is 143 cm³/mol. The SMILES string of the molecule is O=C(O[C@@H]1C2CC(c3ccccc32)[C@@H]1OC(O)c1cccc2ccccc12)c1cccc2ccccc12. The van der Waals surface area contributed by atoms with E-state index in [4.69, 9.17) is 9.47 Å². The Morgan fingerprint density at radius 1 is 0.676 bits per heavy atom. The molecule has 3 unspecified atom stereocenters. The lowest BCUT2D eigenvalue weighted by Crippen LogP contribution is -2.38. The summed E-state index contributed by atoms with van der Waals surface area (Å²) in [7, 11) is 0. The number of carbonyl (C=O) groups excluding carboxylic acids is 1. The fourth-order valence-electron chi connectivity index (χ4n) is 6.39. The molecule has 4 nitrogen and oxygen atoms in total. The Hall–Kier alpha value is -3.99. The average molecular weight is 487 g/mol. The second-order valence-corrected chi connectivity index (χ2v) is 10.00. The van der Waals surface area contributed by atoms with E-state index in [9.17, 15) is 9.90 Å². The summed E-state index contributed by atoms with van der Waals surface area (Å²) in [5.41, 5.74) is 3.69. The summed E-state index contributed by atoms with van der Waals surface area (Å²) in [6, 6.07) is 35.6. The molecule has 0 amide bonds. The molecular formula is C33H26O4. The lowest BCUT2D eigenvalue weighted by Gasteiger charge is -2.34. The van der Waals surface area contributed by atoms with Gasteiger partial charge in [-0.05, 0) is 45.2 Å². The van der Waals surface area contributed by atoms with Crippen molar-refractivity contribution in [3.8, 4) is 0 Å². The van der Waals surface area contributed by atoms with E-state index in [-0.39, 0.29) is 17.8 Å². The summed E-state index contributed by atoms with van der Waals surface area (Å²) < 4.78 is 12.7. The number of hydrogen-bond donors (Lipinski definition) is 1. The van der Waals surface area contributed by atoms with Gasteiger partial charge >= 0.3 is 5.97 Å². The first-order valence-corrected chi connectivity index (χ1v) is 12.8. The largest absolute Gasteiger partial charge is 0.455 e.